The highest BCUT2D eigenvalue weighted by Gasteiger charge is 2.16. The van der Waals surface area contributed by atoms with Crippen LogP contribution in [0.5, 0.6) is 0 Å². The van der Waals surface area contributed by atoms with E-state index in [1.807, 2.05) is 31.2 Å². The van der Waals surface area contributed by atoms with Crippen LogP contribution in [0.2, 0.25) is 0 Å². The maximum absolute atomic E-state index is 14.2. The molecule has 0 aliphatic heterocycles. The average molecular weight is 352 g/mol. The smallest absolute Gasteiger partial charge is 0.213 e. The number of fused-ring (bicyclic) bond motifs is 1. The molecule has 4 aromatic rings. The number of rotatable bonds is 5. The molecular weight excluding hydrogens is 334 g/mol. The molecule has 0 amide bonds. The fraction of sp³-hybridized carbons (Fsp3) is 0.200. The molecular formula is C20H18F2N4. The number of para-hydroxylation sites is 2. The lowest BCUT2D eigenvalue weighted by Crippen LogP contribution is -2.13. The molecule has 2 heterocycles. The summed E-state index contributed by atoms with van der Waals surface area (Å²) in [5.41, 5.74) is 2.47. The van der Waals surface area contributed by atoms with Crippen molar-refractivity contribution in [2.24, 2.45) is 5.92 Å². The fourth-order valence-electron chi connectivity index (χ4n) is 3.20. The summed E-state index contributed by atoms with van der Waals surface area (Å²) in [4.78, 5) is 12.0. The van der Waals surface area contributed by atoms with E-state index in [0.717, 1.165) is 16.9 Å². The number of aromatic amines is 1. The van der Waals surface area contributed by atoms with Crippen LogP contribution in [-0.2, 0) is 13.0 Å². The van der Waals surface area contributed by atoms with Gasteiger partial charge in [0.15, 0.2) is 0 Å². The molecule has 132 valence electrons. The van der Waals surface area contributed by atoms with Crippen LogP contribution in [0, 0.1) is 17.7 Å². The van der Waals surface area contributed by atoms with Gasteiger partial charge in [-0.05, 0) is 30.2 Å². The van der Waals surface area contributed by atoms with E-state index in [9.17, 15) is 8.78 Å². The Morgan fingerprint density at radius 3 is 2.77 bits per heavy atom. The third-order valence-electron chi connectivity index (χ3n) is 4.36. The van der Waals surface area contributed by atoms with Crippen molar-refractivity contribution in [2.75, 3.05) is 0 Å². The van der Waals surface area contributed by atoms with Gasteiger partial charge in [-0.1, -0.05) is 31.2 Å². The minimum atomic E-state index is -0.430. The summed E-state index contributed by atoms with van der Waals surface area (Å²) >= 11 is 0. The van der Waals surface area contributed by atoms with Gasteiger partial charge in [-0.25, -0.2) is 14.4 Å². The van der Waals surface area contributed by atoms with E-state index in [2.05, 4.69) is 15.0 Å². The quantitative estimate of drug-likeness (QED) is 0.571. The van der Waals surface area contributed by atoms with Gasteiger partial charge in [0.2, 0.25) is 5.95 Å². The van der Waals surface area contributed by atoms with Crippen molar-refractivity contribution in [3.05, 3.63) is 72.3 Å². The molecule has 0 bridgehead atoms. The maximum atomic E-state index is 14.2. The monoisotopic (exact) mass is 352 g/mol. The van der Waals surface area contributed by atoms with Gasteiger partial charge in [-0.15, -0.1) is 0 Å². The van der Waals surface area contributed by atoms with Gasteiger partial charge in [0, 0.05) is 18.5 Å². The predicted molar refractivity (Wildman–Crippen MR) is 96.5 cm³/mol. The second-order valence-electron chi connectivity index (χ2n) is 6.54. The molecule has 0 fully saturated rings. The molecule has 1 unspecified atom stereocenters. The van der Waals surface area contributed by atoms with Gasteiger partial charge in [0.05, 0.1) is 17.2 Å². The lowest BCUT2D eigenvalue weighted by atomic mass is 10.1. The molecule has 2 aromatic carbocycles. The molecule has 2 aromatic heterocycles. The van der Waals surface area contributed by atoms with Crippen LogP contribution in [0.15, 0.2) is 54.7 Å². The van der Waals surface area contributed by atoms with Gasteiger partial charge in [-0.2, -0.15) is 4.39 Å². The van der Waals surface area contributed by atoms with Crippen molar-refractivity contribution in [1.82, 2.24) is 19.5 Å². The van der Waals surface area contributed by atoms with Crippen LogP contribution in [0.4, 0.5) is 8.78 Å². The minimum Gasteiger partial charge on any atom is -0.342 e. The van der Waals surface area contributed by atoms with Crippen molar-refractivity contribution in [2.45, 2.75) is 19.9 Å². The lowest BCUT2D eigenvalue weighted by Gasteiger charge is -2.14. The molecule has 0 aliphatic carbocycles. The Morgan fingerprint density at radius 2 is 1.96 bits per heavy atom. The Balaban J connectivity index is 1.56. The first kappa shape index (κ1) is 16.4. The Morgan fingerprint density at radius 1 is 1.12 bits per heavy atom. The summed E-state index contributed by atoms with van der Waals surface area (Å²) < 4.78 is 29.2. The third kappa shape index (κ3) is 3.22. The van der Waals surface area contributed by atoms with Crippen molar-refractivity contribution >= 4 is 11.0 Å². The van der Waals surface area contributed by atoms with E-state index in [0.29, 0.717) is 24.4 Å². The van der Waals surface area contributed by atoms with E-state index >= 15 is 0 Å². The largest absolute Gasteiger partial charge is 0.342 e. The second-order valence-corrected chi connectivity index (χ2v) is 6.54. The minimum absolute atomic E-state index is 0.117. The molecule has 1 N–H and O–H groups in total. The average Bonchev–Trinajstić information content (AvgIpc) is 3.18. The van der Waals surface area contributed by atoms with Gasteiger partial charge >= 0.3 is 0 Å². The van der Waals surface area contributed by atoms with Crippen LogP contribution in [0.3, 0.4) is 0 Å². The molecule has 0 spiro atoms. The molecule has 0 radical (unpaired) electrons. The number of benzene rings is 2. The SMILES string of the molecule is CC(Cc1nc2ccccc2[nH]1)Cn1c(F)cnc1-c1cccc(F)c1. The first-order chi connectivity index (χ1) is 12.6. The number of nitrogens with one attached hydrogen (secondary N) is 1. The van der Waals surface area contributed by atoms with E-state index in [4.69, 9.17) is 0 Å². The standard InChI is InChI=1S/C20H18F2N4/c1-13(9-19-24-16-7-2-3-8-17(16)25-19)12-26-18(22)11-23-20(26)14-5-4-6-15(21)10-14/h2-8,10-11,13H,9,12H2,1H3,(H,24,25). The molecule has 0 saturated carbocycles. The number of hydrogen-bond donors (Lipinski definition) is 1. The van der Waals surface area contributed by atoms with E-state index in [1.165, 1.54) is 22.9 Å². The summed E-state index contributed by atoms with van der Waals surface area (Å²) in [6.07, 6.45) is 1.85. The molecule has 1 atom stereocenters. The zero-order chi connectivity index (χ0) is 18.1. The number of imidazole rings is 2. The van der Waals surface area contributed by atoms with Crippen LogP contribution in [-0.4, -0.2) is 19.5 Å². The summed E-state index contributed by atoms with van der Waals surface area (Å²) in [6, 6.07) is 13.9. The Bertz CT molecular complexity index is 1020. The topological polar surface area (TPSA) is 46.5 Å². The fourth-order valence-corrected chi connectivity index (χ4v) is 3.20. The Hall–Kier alpha value is -3.02. The van der Waals surface area contributed by atoms with Gasteiger partial charge < -0.3 is 9.55 Å². The van der Waals surface area contributed by atoms with Gasteiger partial charge in [0.1, 0.15) is 17.5 Å². The van der Waals surface area contributed by atoms with Crippen molar-refractivity contribution in [1.29, 1.82) is 0 Å². The van der Waals surface area contributed by atoms with E-state index in [1.54, 1.807) is 12.1 Å². The molecule has 4 rings (SSSR count). The summed E-state index contributed by atoms with van der Waals surface area (Å²) in [7, 11) is 0. The van der Waals surface area contributed by atoms with Crippen LogP contribution in [0.1, 0.15) is 12.7 Å². The van der Waals surface area contributed by atoms with Crippen LogP contribution < -0.4 is 0 Å². The molecule has 6 heteroatoms. The first-order valence-corrected chi connectivity index (χ1v) is 8.51. The lowest BCUT2D eigenvalue weighted by molar-refractivity contribution is 0.416. The van der Waals surface area contributed by atoms with Gasteiger partial charge in [0.25, 0.3) is 0 Å². The highest BCUT2D eigenvalue weighted by atomic mass is 19.1. The van der Waals surface area contributed by atoms with Crippen molar-refractivity contribution in [3.8, 4) is 11.4 Å². The zero-order valence-corrected chi connectivity index (χ0v) is 14.3. The predicted octanol–water partition coefficient (Wildman–Crippen LogP) is 4.58. The normalized spacial score (nSPS) is 12.6. The zero-order valence-electron chi connectivity index (χ0n) is 14.3. The number of nitrogens with zero attached hydrogens (tertiary/aromatic N) is 3. The summed E-state index contributed by atoms with van der Waals surface area (Å²) in [6.45, 7) is 2.46. The van der Waals surface area contributed by atoms with Crippen molar-refractivity contribution < 1.29 is 8.78 Å². The Labute approximate surface area is 149 Å². The molecule has 26 heavy (non-hydrogen) atoms. The molecule has 0 aliphatic rings. The second kappa shape index (κ2) is 6.71. The number of halogens is 2. The Kier molecular flexibility index (Phi) is 4.24. The van der Waals surface area contributed by atoms with Crippen LogP contribution in [0.25, 0.3) is 22.4 Å². The summed E-state index contributed by atoms with van der Waals surface area (Å²) in [5.74, 6) is 0.616. The number of aromatic nitrogens is 4. The van der Waals surface area contributed by atoms with E-state index < -0.39 is 5.95 Å². The highest BCUT2D eigenvalue weighted by Crippen LogP contribution is 2.22. The van der Waals surface area contributed by atoms with Gasteiger partial charge in [-0.3, -0.25) is 0 Å². The van der Waals surface area contributed by atoms with Crippen LogP contribution >= 0.6 is 0 Å². The summed E-state index contributed by atoms with van der Waals surface area (Å²) in [5, 5.41) is 0. The first-order valence-electron chi connectivity index (χ1n) is 8.51. The molecule has 0 saturated heterocycles. The number of H-pyrrole nitrogens is 1. The number of hydrogen-bond acceptors (Lipinski definition) is 2. The van der Waals surface area contributed by atoms with E-state index in [-0.39, 0.29) is 11.7 Å². The highest BCUT2D eigenvalue weighted by molar-refractivity contribution is 5.74. The maximum Gasteiger partial charge on any atom is 0.213 e. The van der Waals surface area contributed by atoms with Crippen molar-refractivity contribution in [3.63, 3.8) is 0 Å². The third-order valence-corrected chi connectivity index (χ3v) is 4.36. The molecule has 4 nitrogen and oxygen atoms in total.